The highest BCUT2D eigenvalue weighted by Gasteiger charge is 2.33. The molecule has 0 aromatic rings. The Morgan fingerprint density at radius 3 is 2.08 bits per heavy atom. The van der Waals surface area contributed by atoms with E-state index in [0.717, 1.165) is 18.3 Å². The van der Waals surface area contributed by atoms with Crippen molar-refractivity contribution in [2.75, 3.05) is 19.5 Å². The van der Waals surface area contributed by atoms with Gasteiger partial charge < -0.3 is 20.1 Å². The molecule has 5 nitrogen and oxygen atoms in total. The van der Waals surface area contributed by atoms with Crippen LogP contribution in [0.4, 0.5) is 0 Å². The molecule has 6 atom stereocenters. The second kappa shape index (κ2) is 10.6. The van der Waals surface area contributed by atoms with Crippen LogP contribution in [0.2, 0.25) is 0 Å². The summed E-state index contributed by atoms with van der Waals surface area (Å²) >= 11 is 0. The first-order valence-electron chi connectivity index (χ1n) is 10.7. The number of rotatable bonds is 9. The summed E-state index contributed by atoms with van der Waals surface area (Å²) in [5.74, 6) is 2.98. The number of nitrogens with one attached hydrogen (secondary N) is 1. The van der Waals surface area contributed by atoms with Gasteiger partial charge in [0, 0.05) is 12.1 Å². The second-order valence-corrected chi connectivity index (χ2v) is 10.7. The van der Waals surface area contributed by atoms with E-state index in [2.05, 4.69) is 19.2 Å². The maximum atomic E-state index is 12.6. The zero-order valence-electron chi connectivity index (χ0n) is 17.3. The van der Waals surface area contributed by atoms with Crippen LogP contribution < -0.4 is 11.1 Å². The quantitative estimate of drug-likeness (QED) is 0.557. The Morgan fingerprint density at radius 2 is 1.54 bits per heavy atom. The molecule has 2 fully saturated rings. The average molecular weight is 389 g/mol. The summed E-state index contributed by atoms with van der Waals surface area (Å²) in [4.78, 5) is 0. The van der Waals surface area contributed by atoms with Crippen LogP contribution in [0.5, 0.6) is 0 Å². The predicted octanol–water partition coefficient (Wildman–Crippen LogP) is 4.76. The van der Waals surface area contributed by atoms with Crippen LogP contribution in [0.1, 0.15) is 72.6 Å². The minimum Gasteiger partial charge on any atom is -0.327 e. The lowest BCUT2D eigenvalue weighted by Gasteiger charge is -2.39. The molecular weight excluding hydrogens is 347 g/mol. The summed E-state index contributed by atoms with van der Waals surface area (Å²) in [6.07, 6.45) is 9.20. The molecule has 3 N–H and O–H groups in total. The van der Waals surface area contributed by atoms with E-state index >= 15 is 0 Å². The third-order valence-corrected chi connectivity index (χ3v) is 8.36. The number of hydrogen-bond donors (Lipinski definition) is 2. The summed E-state index contributed by atoms with van der Waals surface area (Å²) in [5.41, 5.74) is 6.17. The van der Waals surface area contributed by atoms with Crippen LogP contribution in [-0.2, 0) is 13.6 Å². The van der Waals surface area contributed by atoms with Gasteiger partial charge in [-0.05, 0) is 82.5 Å². The molecule has 2 saturated carbocycles. The Kier molecular flexibility index (Phi) is 9.09. The van der Waals surface area contributed by atoms with Gasteiger partial charge in [0.2, 0.25) is 0 Å². The van der Waals surface area contributed by atoms with Gasteiger partial charge in [-0.15, -0.1) is 0 Å². The van der Waals surface area contributed by atoms with E-state index in [1.807, 2.05) is 13.8 Å². The zero-order valence-corrected chi connectivity index (χ0v) is 18.2. The van der Waals surface area contributed by atoms with Crippen LogP contribution in [0, 0.1) is 23.7 Å². The maximum absolute atomic E-state index is 12.6. The van der Waals surface area contributed by atoms with Crippen LogP contribution >= 0.6 is 7.60 Å². The highest BCUT2D eigenvalue weighted by Crippen LogP contribution is 2.47. The van der Waals surface area contributed by atoms with Crippen molar-refractivity contribution in [1.29, 1.82) is 0 Å². The molecule has 2 aliphatic carbocycles. The smallest absolute Gasteiger partial charge is 0.327 e. The van der Waals surface area contributed by atoms with E-state index in [1.165, 1.54) is 38.5 Å². The van der Waals surface area contributed by atoms with Crippen LogP contribution in [-0.4, -0.2) is 31.6 Å². The van der Waals surface area contributed by atoms with Gasteiger partial charge in [0.15, 0.2) is 0 Å². The third-order valence-electron chi connectivity index (χ3n) is 6.49. The molecule has 6 unspecified atom stereocenters. The molecule has 0 aromatic heterocycles. The highest BCUT2D eigenvalue weighted by molar-refractivity contribution is 7.53. The fraction of sp³-hybridized carbons (Fsp3) is 1.00. The second-order valence-electron chi connectivity index (χ2n) is 8.63. The van der Waals surface area contributed by atoms with Crippen molar-refractivity contribution in [3.05, 3.63) is 0 Å². The normalized spacial score (nSPS) is 36.2. The van der Waals surface area contributed by atoms with E-state index in [4.69, 9.17) is 14.8 Å². The molecule has 0 saturated heterocycles. The summed E-state index contributed by atoms with van der Waals surface area (Å²) in [6.45, 7) is 9.21. The Balaban J connectivity index is 1.76. The minimum absolute atomic E-state index is 0.326. The maximum Gasteiger partial charge on any atom is 0.344 e. The molecule has 2 aliphatic rings. The van der Waals surface area contributed by atoms with E-state index in [1.54, 1.807) is 0 Å². The lowest BCUT2D eigenvalue weighted by Crippen LogP contribution is -2.41. The van der Waals surface area contributed by atoms with Crippen LogP contribution in [0.15, 0.2) is 0 Å². The SMILES string of the molecule is CCOP(=O)(CNC1CCC(CC2CCC(N)C(C)C2)CC1C)OCC. The van der Waals surface area contributed by atoms with Gasteiger partial charge in [0.25, 0.3) is 0 Å². The molecule has 0 aliphatic heterocycles. The molecule has 0 amide bonds. The van der Waals surface area contributed by atoms with Crippen LogP contribution in [0.25, 0.3) is 0 Å². The van der Waals surface area contributed by atoms with Gasteiger partial charge in [0.05, 0.1) is 19.5 Å². The molecule has 2 rings (SSSR count). The van der Waals surface area contributed by atoms with Crippen LogP contribution in [0.3, 0.4) is 0 Å². The first kappa shape index (κ1) is 22.4. The molecule has 26 heavy (non-hydrogen) atoms. The van der Waals surface area contributed by atoms with Gasteiger partial charge in [-0.2, -0.15) is 0 Å². The van der Waals surface area contributed by atoms with Crippen molar-refractivity contribution in [1.82, 2.24) is 5.32 Å². The Labute approximate surface area is 160 Å². The topological polar surface area (TPSA) is 73.6 Å². The van der Waals surface area contributed by atoms with Crippen molar-refractivity contribution in [3.8, 4) is 0 Å². The monoisotopic (exact) mass is 388 g/mol. The van der Waals surface area contributed by atoms with E-state index in [-0.39, 0.29) is 0 Å². The van der Waals surface area contributed by atoms with Gasteiger partial charge >= 0.3 is 7.60 Å². The van der Waals surface area contributed by atoms with E-state index in [9.17, 15) is 4.57 Å². The van der Waals surface area contributed by atoms with Gasteiger partial charge in [-0.25, -0.2) is 0 Å². The molecule has 0 heterocycles. The van der Waals surface area contributed by atoms with Crippen molar-refractivity contribution in [2.45, 2.75) is 84.7 Å². The standard InChI is InChI=1S/C20H41N2O3P/c1-5-24-26(23,25-6-2)14-22-20-10-8-18(12-16(20)4)13-17-7-9-19(21)15(3)11-17/h15-20,22H,5-14,21H2,1-4H3. The fourth-order valence-corrected chi connectivity index (χ4v) is 6.49. The molecule has 0 aromatic carbocycles. The molecule has 0 spiro atoms. The third kappa shape index (κ3) is 6.60. The Hall–Kier alpha value is 0.0700. The van der Waals surface area contributed by atoms with Gasteiger partial charge in [-0.3, -0.25) is 4.57 Å². The molecule has 0 radical (unpaired) electrons. The Bertz CT molecular complexity index is 452. The van der Waals surface area contributed by atoms with Crippen molar-refractivity contribution < 1.29 is 13.6 Å². The minimum atomic E-state index is -2.99. The fourth-order valence-electron chi connectivity index (χ4n) is 4.99. The average Bonchev–Trinajstić information content (AvgIpc) is 2.58. The highest BCUT2D eigenvalue weighted by atomic mass is 31.2. The molecular formula is C20H41N2O3P. The van der Waals surface area contributed by atoms with Crippen molar-refractivity contribution in [2.24, 2.45) is 29.4 Å². The lowest BCUT2D eigenvalue weighted by atomic mass is 9.71. The summed E-state index contributed by atoms with van der Waals surface area (Å²) < 4.78 is 23.4. The first-order chi connectivity index (χ1) is 12.4. The zero-order chi connectivity index (χ0) is 19.2. The predicted molar refractivity (Wildman–Crippen MR) is 108 cm³/mol. The van der Waals surface area contributed by atoms with Crippen molar-refractivity contribution >= 4 is 7.60 Å². The summed E-state index contributed by atoms with van der Waals surface area (Å²) in [6, 6.07) is 0.829. The van der Waals surface area contributed by atoms with E-state index in [0.29, 0.717) is 43.4 Å². The number of hydrogen-bond acceptors (Lipinski definition) is 5. The largest absolute Gasteiger partial charge is 0.344 e. The van der Waals surface area contributed by atoms with Crippen molar-refractivity contribution in [3.63, 3.8) is 0 Å². The number of nitrogens with two attached hydrogens (primary N) is 1. The Morgan fingerprint density at radius 1 is 0.962 bits per heavy atom. The van der Waals surface area contributed by atoms with Gasteiger partial charge in [-0.1, -0.05) is 13.8 Å². The molecule has 154 valence electrons. The lowest BCUT2D eigenvalue weighted by molar-refractivity contribution is 0.157. The van der Waals surface area contributed by atoms with Gasteiger partial charge in [0.1, 0.15) is 0 Å². The first-order valence-corrected chi connectivity index (χ1v) is 12.5. The summed E-state index contributed by atoms with van der Waals surface area (Å²) in [7, 11) is -2.99. The molecule has 0 bridgehead atoms. The van der Waals surface area contributed by atoms with E-state index < -0.39 is 7.60 Å². The molecule has 6 heteroatoms. The summed E-state index contributed by atoms with van der Waals surface area (Å²) in [5, 5.41) is 3.49.